The fraction of sp³-hybridized carbons (Fsp3) is 0.500. The maximum Gasteiger partial charge on any atom is 0.308 e. The molecule has 1 unspecified atom stereocenters. The van der Waals surface area contributed by atoms with Crippen LogP contribution in [-0.4, -0.2) is 58.9 Å². The lowest BCUT2D eigenvalue weighted by molar-refractivity contribution is -0.141. The third-order valence-electron chi connectivity index (χ3n) is 5.14. The quantitative estimate of drug-likeness (QED) is 0.884. The van der Waals surface area contributed by atoms with Crippen LogP contribution < -0.4 is 0 Å². The first-order chi connectivity index (χ1) is 12.4. The number of benzene rings is 1. The molecule has 2 fully saturated rings. The zero-order valence-corrected chi connectivity index (χ0v) is 14.2. The minimum Gasteiger partial charge on any atom is -0.481 e. The predicted octanol–water partition coefficient (Wildman–Crippen LogP) is 1.75. The Morgan fingerprint density at radius 1 is 0.962 bits per heavy atom. The lowest BCUT2D eigenvalue weighted by atomic mass is 9.94. The number of likely N-dealkylation sites (tertiary alicyclic amines) is 2. The molecule has 2 aliphatic heterocycles. The number of rotatable bonds is 3. The van der Waals surface area contributed by atoms with Crippen LogP contribution in [0.2, 0.25) is 0 Å². The minimum atomic E-state index is -0.898. The number of carboxylic acid groups (broad SMARTS) is 1. The van der Waals surface area contributed by atoms with E-state index in [1.54, 1.807) is 4.90 Å². The first-order valence-corrected chi connectivity index (χ1v) is 8.62. The van der Waals surface area contributed by atoms with Crippen LogP contribution >= 0.6 is 0 Å². The number of hydrogen-bond donors (Lipinski definition) is 1. The number of carbonyl (C=O) groups excluding carboxylic acids is 2. The van der Waals surface area contributed by atoms with Gasteiger partial charge in [-0.2, -0.15) is 0 Å². The maximum atomic E-state index is 13.8. The molecule has 2 amide bonds. The molecule has 8 heteroatoms. The number of piperidine rings is 1. The number of carboxylic acids is 1. The summed E-state index contributed by atoms with van der Waals surface area (Å²) in [5.41, 5.74) is -0.181. The van der Waals surface area contributed by atoms with Crippen molar-refractivity contribution in [3.63, 3.8) is 0 Å². The number of halogens is 2. The first-order valence-electron chi connectivity index (χ1n) is 8.62. The van der Waals surface area contributed by atoms with Crippen molar-refractivity contribution < 1.29 is 28.3 Å². The third-order valence-corrected chi connectivity index (χ3v) is 5.14. The van der Waals surface area contributed by atoms with Crippen LogP contribution in [0.5, 0.6) is 0 Å². The topological polar surface area (TPSA) is 77.9 Å². The van der Waals surface area contributed by atoms with Gasteiger partial charge in [0.1, 0.15) is 11.6 Å². The van der Waals surface area contributed by atoms with Crippen molar-refractivity contribution in [1.82, 2.24) is 9.80 Å². The van der Waals surface area contributed by atoms with E-state index >= 15 is 0 Å². The highest BCUT2D eigenvalue weighted by atomic mass is 19.1. The number of aliphatic carboxylic acids is 1. The predicted molar refractivity (Wildman–Crippen MR) is 87.3 cm³/mol. The van der Waals surface area contributed by atoms with E-state index in [0.29, 0.717) is 45.0 Å². The molecule has 0 aromatic heterocycles. The Balaban J connectivity index is 1.56. The van der Waals surface area contributed by atoms with Crippen molar-refractivity contribution in [3.05, 3.63) is 35.4 Å². The average Bonchev–Trinajstić information content (AvgIpc) is 3.11. The van der Waals surface area contributed by atoms with Gasteiger partial charge in [-0.3, -0.25) is 14.4 Å². The molecule has 1 aromatic rings. The minimum absolute atomic E-state index is 0.0752. The summed E-state index contributed by atoms with van der Waals surface area (Å²) in [7, 11) is 0. The summed E-state index contributed by atoms with van der Waals surface area (Å²) in [6, 6.07) is 2.84. The van der Waals surface area contributed by atoms with Gasteiger partial charge in [0.25, 0.3) is 5.91 Å². The standard InChI is InChI=1S/C18H20F2N2O4/c19-13-1-2-14(15(20)9-13)17(24)21-6-3-11(4-7-21)16(23)22-8-5-12(10-22)18(25)26/h1-2,9,11-12H,3-8,10H2,(H,25,26). The smallest absolute Gasteiger partial charge is 0.308 e. The van der Waals surface area contributed by atoms with Crippen LogP contribution in [0.15, 0.2) is 18.2 Å². The van der Waals surface area contributed by atoms with Crippen molar-refractivity contribution >= 4 is 17.8 Å². The van der Waals surface area contributed by atoms with Crippen molar-refractivity contribution in [2.75, 3.05) is 26.2 Å². The van der Waals surface area contributed by atoms with Crippen LogP contribution in [0.4, 0.5) is 8.78 Å². The molecule has 1 N–H and O–H groups in total. The van der Waals surface area contributed by atoms with E-state index in [0.717, 1.165) is 12.1 Å². The number of nitrogens with zero attached hydrogens (tertiary/aromatic N) is 2. The molecule has 2 aliphatic rings. The molecule has 1 aromatic carbocycles. The molecule has 1 atom stereocenters. The van der Waals surface area contributed by atoms with E-state index in [-0.39, 0.29) is 23.9 Å². The summed E-state index contributed by atoms with van der Waals surface area (Å²) in [5.74, 6) is -3.89. The second-order valence-corrected chi connectivity index (χ2v) is 6.80. The Kier molecular flexibility index (Phi) is 5.20. The van der Waals surface area contributed by atoms with Crippen LogP contribution in [0.3, 0.4) is 0 Å². The highest BCUT2D eigenvalue weighted by Crippen LogP contribution is 2.25. The van der Waals surface area contributed by atoms with Gasteiger partial charge < -0.3 is 14.9 Å². The molecule has 2 saturated heterocycles. The summed E-state index contributed by atoms with van der Waals surface area (Å²) in [5, 5.41) is 9.03. The fourth-order valence-electron chi connectivity index (χ4n) is 3.58. The zero-order chi connectivity index (χ0) is 18.8. The van der Waals surface area contributed by atoms with E-state index in [1.807, 2.05) is 0 Å². The third kappa shape index (κ3) is 3.68. The maximum absolute atomic E-state index is 13.8. The largest absolute Gasteiger partial charge is 0.481 e. The Hall–Kier alpha value is -2.51. The Labute approximate surface area is 149 Å². The van der Waals surface area contributed by atoms with Gasteiger partial charge in [0.05, 0.1) is 11.5 Å². The van der Waals surface area contributed by atoms with Gasteiger partial charge in [-0.05, 0) is 31.4 Å². The normalized spacial score (nSPS) is 21.1. The van der Waals surface area contributed by atoms with Crippen LogP contribution in [0, 0.1) is 23.5 Å². The molecule has 0 saturated carbocycles. The molecule has 0 bridgehead atoms. The van der Waals surface area contributed by atoms with Crippen molar-refractivity contribution in [2.45, 2.75) is 19.3 Å². The number of amides is 2. The first kappa shape index (κ1) is 18.3. The summed E-state index contributed by atoms with van der Waals surface area (Å²) in [6.45, 7) is 1.29. The van der Waals surface area contributed by atoms with Crippen molar-refractivity contribution in [2.24, 2.45) is 11.8 Å². The molecular formula is C18H20F2N2O4. The molecule has 26 heavy (non-hydrogen) atoms. The van der Waals surface area contributed by atoms with E-state index in [4.69, 9.17) is 5.11 Å². The Morgan fingerprint density at radius 3 is 2.15 bits per heavy atom. The fourth-order valence-corrected chi connectivity index (χ4v) is 3.58. The van der Waals surface area contributed by atoms with Gasteiger partial charge in [0, 0.05) is 38.2 Å². The van der Waals surface area contributed by atoms with Gasteiger partial charge >= 0.3 is 5.97 Å². The molecule has 2 heterocycles. The average molecular weight is 366 g/mol. The summed E-state index contributed by atoms with van der Waals surface area (Å²) in [4.78, 5) is 39.0. The van der Waals surface area contributed by atoms with Gasteiger partial charge in [-0.25, -0.2) is 8.78 Å². The summed E-state index contributed by atoms with van der Waals surface area (Å²) < 4.78 is 26.7. The van der Waals surface area contributed by atoms with Crippen molar-refractivity contribution in [1.29, 1.82) is 0 Å². The monoisotopic (exact) mass is 366 g/mol. The highest BCUT2D eigenvalue weighted by molar-refractivity contribution is 5.94. The van der Waals surface area contributed by atoms with Crippen LogP contribution in [0.25, 0.3) is 0 Å². The Morgan fingerprint density at radius 2 is 1.58 bits per heavy atom. The second-order valence-electron chi connectivity index (χ2n) is 6.80. The van der Waals surface area contributed by atoms with Gasteiger partial charge in [0.15, 0.2) is 0 Å². The number of hydrogen-bond acceptors (Lipinski definition) is 3. The second kappa shape index (κ2) is 7.39. The van der Waals surface area contributed by atoms with E-state index in [1.165, 1.54) is 4.90 Å². The van der Waals surface area contributed by atoms with Crippen molar-refractivity contribution in [3.8, 4) is 0 Å². The SMILES string of the molecule is O=C(O)C1CCN(C(=O)C2CCN(C(=O)c3ccc(F)cc3F)CC2)C1. The molecule has 0 radical (unpaired) electrons. The van der Waals surface area contributed by atoms with E-state index in [2.05, 4.69) is 0 Å². The molecule has 0 spiro atoms. The van der Waals surface area contributed by atoms with Crippen LogP contribution in [-0.2, 0) is 9.59 Å². The molecule has 6 nitrogen and oxygen atoms in total. The Bertz CT molecular complexity index is 732. The summed E-state index contributed by atoms with van der Waals surface area (Å²) in [6.07, 6.45) is 1.35. The molecule has 140 valence electrons. The molecule has 0 aliphatic carbocycles. The van der Waals surface area contributed by atoms with E-state index < -0.39 is 29.4 Å². The molecular weight excluding hydrogens is 346 g/mol. The van der Waals surface area contributed by atoms with E-state index in [9.17, 15) is 23.2 Å². The zero-order valence-electron chi connectivity index (χ0n) is 14.2. The van der Waals surface area contributed by atoms with Gasteiger partial charge in [-0.1, -0.05) is 0 Å². The lowest BCUT2D eigenvalue weighted by Gasteiger charge is -2.33. The number of carbonyl (C=O) groups is 3. The van der Waals surface area contributed by atoms with Gasteiger partial charge in [-0.15, -0.1) is 0 Å². The van der Waals surface area contributed by atoms with Crippen LogP contribution in [0.1, 0.15) is 29.6 Å². The van der Waals surface area contributed by atoms with Gasteiger partial charge in [0.2, 0.25) is 5.91 Å². The highest BCUT2D eigenvalue weighted by Gasteiger charge is 2.36. The molecule has 3 rings (SSSR count). The summed E-state index contributed by atoms with van der Waals surface area (Å²) >= 11 is 0. The lowest BCUT2D eigenvalue weighted by Crippen LogP contribution is -2.44.